The molecule has 5 aromatic rings. The van der Waals surface area contributed by atoms with E-state index in [-0.39, 0.29) is 53.2 Å². The van der Waals surface area contributed by atoms with E-state index in [0.717, 1.165) is 80.9 Å². The molecule has 0 saturated heterocycles. The van der Waals surface area contributed by atoms with Crippen molar-refractivity contribution in [2.24, 2.45) is 0 Å². The maximum absolute atomic E-state index is 12.2. The summed E-state index contributed by atoms with van der Waals surface area (Å²) in [7, 11) is 22.5. The molecule has 6 N–H and O–H groups in total. The molecule has 0 unspecified atom stereocenters. The summed E-state index contributed by atoms with van der Waals surface area (Å²) in [5, 5.41) is 21.6. The van der Waals surface area contributed by atoms with E-state index >= 15 is 0 Å². The largest absolute Gasteiger partial charge is 0.480 e. The van der Waals surface area contributed by atoms with Crippen LogP contribution in [0.15, 0.2) is 121 Å². The normalized spacial score (nSPS) is 11.3. The van der Waals surface area contributed by atoms with Gasteiger partial charge in [0.2, 0.25) is 29.5 Å². The zero-order valence-corrected chi connectivity index (χ0v) is 73.6. The molecule has 5 atom stereocenters. The van der Waals surface area contributed by atoms with Crippen molar-refractivity contribution in [1.82, 2.24) is 51.1 Å². The first-order valence-corrected chi connectivity index (χ1v) is 39.7. The number of carboxylic acid groups (broad SMARTS) is 1. The summed E-state index contributed by atoms with van der Waals surface area (Å²) in [4.78, 5) is 182. The van der Waals surface area contributed by atoms with Crippen LogP contribution in [0.3, 0.4) is 0 Å². The summed E-state index contributed by atoms with van der Waals surface area (Å²) in [6, 6.07) is 31.7. The second-order valence-corrected chi connectivity index (χ2v) is 29.0. The zero-order valence-electron chi connectivity index (χ0n) is 73.6. The molecule has 0 aliphatic rings. The van der Waals surface area contributed by atoms with E-state index < -0.39 is 66.0 Å². The summed E-state index contributed by atoms with van der Waals surface area (Å²) < 4.78 is 18.3. The van der Waals surface area contributed by atoms with Gasteiger partial charge in [0.15, 0.2) is 0 Å². The van der Waals surface area contributed by atoms with Crippen LogP contribution in [0.25, 0.3) is 0 Å². The molecule has 0 aliphatic heterocycles. The highest BCUT2D eigenvalue weighted by Crippen LogP contribution is 2.16. The van der Waals surface area contributed by atoms with Gasteiger partial charge in [-0.25, -0.2) is 19.2 Å². The molecule has 658 valence electrons. The number of amides is 10. The minimum Gasteiger partial charge on any atom is -0.480 e. The Kier molecular flexibility index (Phi) is 51.8. The Hall–Kier alpha value is -12.7. The summed E-state index contributed by atoms with van der Waals surface area (Å²) >= 11 is 0. The van der Waals surface area contributed by atoms with Gasteiger partial charge >= 0.3 is 29.8 Å². The number of carbonyl (C=O) groups excluding carboxylic acids is 14. The first-order valence-electron chi connectivity index (χ1n) is 39.7. The van der Waals surface area contributed by atoms with Gasteiger partial charge in [0.05, 0.1) is 28.4 Å². The van der Waals surface area contributed by atoms with Crippen LogP contribution in [0.1, 0.15) is 211 Å². The van der Waals surface area contributed by atoms with Crippen molar-refractivity contribution in [1.29, 1.82) is 0 Å². The van der Waals surface area contributed by atoms with Crippen LogP contribution in [0.5, 0.6) is 0 Å². The van der Waals surface area contributed by atoms with Crippen LogP contribution in [0, 0.1) is 23.7 Å². The first-order chi connectivity index (χ1) is 57.2. The number of rotatable bonds is 36. The lowest BCUT2D eigenvalue weighted by Crippen LogP contribution is -2.39. The number of hydrogen-bond acceptors (Lipinski definition) is 19. The third-order valence-electron chi connectivity index (χ3n) is 17.8. The number of ether oxygens (including phenoxy) is 4. The van der Waals surface area contributed by atoms with Gasteiger partial charge in [-0.2, -0.15) is 0 Å². The van der Waals surface area contributed by atoms with Crippen molar-refractivity contribution >= 4 is 88.9 Å². The molecule has 30 nitrogen and oxygen atoms in total. The first kappa shape index (κ1) is 106. The molecule has 121 heavy (non-hydrogen) atoms. The minimum absolute atomic E-state index is 0.0224. The molecule has 0 spiro atoms. The number of nitrogens with zero attached hydrogens (tertiary/aromatic N) is 5. The highest BCUT2D eigenvalue weighted by atomic mass is 16.5. The van der Waals surface area contributed by atoms with E-state index in [1.165, 1.54) is 40.3 Å². The molecular formula is C91H124N10O20. The minimum atomic E-state index is -1.07. The molecule has 0 fully saturated rings. The summed E-state index contributed by atoms with van der Waals surface area (Å²) in [6.45, 7) is 7.70. The lowest BCUT2D eigenvalue weighted by atomic mass is 10.0. The molecule has 10 amide bonds. The Morgan fingerprint density at radius 2 is 0.545 bits per heavy atom. The van der Waals surface area contributed by atoms with Crippen LogP contribution in [-0.4, -0.2) is 248 Å². The predicted octanol–water partition coefficient (Wildman–Crippen LogP) is 8.42. The molecule has 0 aliphatic carbocycles. The van der Waals surface area contributed by atoms with Crippen molar-refractivity contribution in [2.45, 2.75) is 180 Å². The highest BCUT2D eigenvalue weighted by Gasteiger charge is 2.22. The topological polar surface area (TPSA) is 390 Å². The van der Waals surface area contributed by atoms with E-state index in [4.69, 9.17) is 5.11 Å². The molecule has 5 aromatic carbocycles. The van der Waals surface area contributed by atoms with Crippen molar-refractivity contribution in [3.63, 3.8) is 0 Å². The molecule has 30 heteroatoms. The zero-order chi connectivity index (χ0) is 91.3. The number of methoxy groups -OCH3 is 4. The monoisotopic (exact) mass is 1680 g/mol. The SMILES string of the molecule is COC(=O)[C@@H](C)NC(=O)c1cccc(C#CCCC(=O)N(C)C)c1.COC(=O)[C@@H](C)NC(=O)c1cccc(C#CCCCC(=O)N(C)C)c1.COC(=O)[C@@H](C)NC(=O)c1cccc(CCCCC(=O)N(C)C)c1.COC(=O)[C@@H](C)NC(=O)c1cccc(CCCCCC(=O)N(C)C)c1.C[C@@H](NC(=O)c1cccc(CCCCC(=O)N(C)C)c1)C(=O)O. The number of carbonyl (C=O) groups is 15. The van der Waals surface area contributed by atoms with Crippen LogP contribution < -0.4 is 26.6 Å². The van der Waals surface area contributed by atoms with Gasteiger partial charge in [-0.1, -0.05) is 78.6 Å². The van der Waals surface area contributed by atoms with Gasteiger partial charge in [0.25, 0.3) is 29.5 Å². The molecule has 0 heterocycles. The molecule has 0 bridgehead atoms. The van der Waals surface area contributed by atoms with Crippen molar-refractivity contribution in [2.75, 3.05) is 98.9 Å². The van der Waals surface area contributed by atoms with E-state index in [0.29, 0.717) is 90.3 Å². The number of esters is 4. The number of unbranched alkanes of at least 4 members (excludes halogenated alkanes) is 5. The Labute approximate surface area is 712 Å². The second-order valence-electron chi connectivity index (χ2n) is 29.0. The fourth-order valence-electron chi connectivity index (χ4n) is 10.4. The maximum atomic E-state index is 12.2. The summed E-state index contributed by atoms with van der Waals surface area (Å²) in [5.41, 5.74) is 6.78. The second kappa shape index (κ2) is 59.0. The smallest absolute Gasteiger partial charge is 0.328 e. The number of aryl methyl sites for hydroxylation is 3. The number of hydrogen-bond donors (Lipinski definition) is 6. The van der Waals surface area contributed by atoms with Crippen LogP contribution in [0.4, 0.5) is 0 Å². The van der Waals surface area contributed by atoms with Crippen molar-refractivity contribution in [3.05, 3.63) is 177 Å². The number of aliphatic carboxylic acids is 1. The van der Waals surface area contributed by atoms with Gasteiger partial charge < -0.3 is 75.1 Å². The number of nitrogens with one attached hydrogen (secondary N) is 5. The van der Waals surface area contributed by atoms with E-state index in [1.54, 1.807) is 197 Å². The highest BCUT2D eigenvalue weighted by molar-refractivity contribution is 6.00. The van der Waals surface area contributed by atoms with Crippen molar-refractivity contribution in [3.8, 4) is 23.7 Å². The Morgan fingerprint density at radius 3 is 0.826 bits per heavy atom. The van der Waals surface area contributed by atoms with E-state index in [1.807, 2.05) is 42.5 Å². The lowest BCUT2D eigenvalue weighted by molar-refractivity contribution is -0.143. The van der Waals surface area contributed by atoms with Crippen LogP contribution in [-0.2, 0) is 86.2 Å². The third kappa shape index (κ3) is 45.1. The Balaban J connectivity index is 0.000000756. The predicted molar refractivity (Wildman–Crippen MR) is 460 cm³/mol. The van der Waals surface area contributed by atoms with Crippen LogP contribution in [0.2, 0.25) is 0 Å². The Bertz CT molecular complexity index is 4380. The summed E-state index contributed by atoms with van der Waals surface area (Å²) in [6.07, 6.45) is 12.8. The quantitative estimate of drug-likeness (QED) is 0.00947. The fraction of sp³-hybridized carbons (Fsp3) is 0.462. The van der Waals surface area contributed by atoms with E-state index in [9.17, 15) is 71.9 Å². The lowest BCUT2D eigenvalue weighted by Gasteiger charge is -2.12. The van der Waals surface area contributed by atoms with Gasteiger partial charge in [0.1, 0.15) is 30.2 Å². The maximum Gasteiger partial charge on any atom is 0.328 e. The van der Waals surface area contributed by atoms with Gasteiger partial charge in [-0.3, -0.25) is 52.7 Å². The Morgan fingerprint density at radius 1 is 0.306 bits per heavy atom. The molecule has 0 radical (unpaired) electrons. The number of carboxylic acids is 1. The average Bonchev–Trinajstić information content (AvgIpc) is 0.888. The summed E-state index contributed by atoms with van der Waals surface area (Å²) in [5.74, 6) is 7.55. The van der Waals surface area contributed by atoms with Gasteiger partial charge in [0, 0.05) is 154 Å². The third-order valence-corrected chi connectivity index (χ3v) is 17.8. The molecule has 0 aromatic heterocycles. The molecular weight excluding hydrogens is 1550 g/mol. The van der Waals surface area contributed by atoms with Gasteiger partial charge in [-0.15, -0.1) is 0 Å². The molecule has 5 rings (SSSR count). The standard InChI is InChI=1S/C19H28N2O4.C19H24N2O4.C18H26N2O4.C18H22N2O4.C17H24N2O4/c2*1-14(19(24)25-4)20-18(23)16-11-8-10-15(13-16)9-6-5-7-12-17(22)21(2)3;2*1-13(18(23)24-4)19-17(22)15-10-7-9-14(12-15)8-5-6-11-16(21)20(2)3;1-12(17(22)23)18-16(21)14-9-6-8-13(11-14)7-4-5-10-15(20)19(2)3/h8,10-11,13-14H,5-7,9,12H2,1-4H3,(H,20,23);8,10-11,13-14H,5,7,12H2,1-4H3,(H,20,23);7,9-10,12-13H,5-6,8,11H2,1-4H3,(H,19,22);7,9-10,12-13H,6,11H2,1-4H3,(H,19,22);6,8-9,11-12H,4-5,7,10H2,1-3H3,(H,18,21)(H,22,23)/t2*14-;2*13-;12-/m11111/s1. The van der Waals surface area contributed by atoms with E-state index in [2.05, 4.69) is 69.2 Å². The van der Waals surface area contributed by atoms with Crippen LogP contribution >= 0.6 is 0 Å². The van der Waals surface area contributed by atoms with Crippen molar-refractivity contribution < 1.29 is 96.0 Å². The number of benzene rings is 5. The fourth-order valence-corrected chi connectivity index (χ4v) is 10.4. The van der Waals surface area contributed by atoms with Gasteiger partial charge in [-0.05, 0) is 188 Å². The molecule has 0 saturated carbocycles. The average molecular weight is 1680 g/mol.